The molecular formula is C78H129NO13. The van der Waals surface area contributed by atoms with Crippen molar-refractivity contribution in [1.82, 2.24) is 5.32 Å². The molecular weight excluding hydrogens is 1160 g/mol. The summed E-state index contributed by atoms with van der Waals surface area (Å²) in [5, 5.41) is 87.4. The number of aliphatic hydroxyl groups excluding tert-OH is 8. The monoisotopic (exact) mass is 1290 g/mol. The maximum atomic E-state index is 13.3. The van der Waals surface area contributed by atoms with Crippen molar-refractivity contribution < 1.29 is 64.6 Å². The molecule has 0 aromatic rings. The Morgan fingerprint density at radius 2 is 0.761 bits per heavy atom. The lowest BCUT2D eigenvalue weighted by atomic mass is 9.97. The normalized spacial score (nSPS) is 23.6. The Bertz CT molecular complexity index is 2110. The van der Waals surface area contributed by atoms with Crippen LogP contribution in [0, 0.1) is 0 Å². The molecule has 0 spiro atoms. The average Bonchev–Trinajstić information content (AvgIpc) is 0.829. The van der Waals surface area contributed by atoms with E-state index in [1.165, 1.54) is 122 Å². The summed E-state index contributed by atoms with van der Waals surface area (Å²) < 4.78 is 22.8. The maximum absolute atomic E-state index is 13.3. The maximum Gasteiger partial charge on any atom is 0.220 e. The van der Waals surface area contributed by atoms with Crippen molar-refractivity contribution in [2.75, 3.05) is 19.8 Å². The zero-order chi connectivity index (χ0) is 66.6. The highest BCUT2D eigenvalue weighted by molar-refractivity contribution is 5.76. The molecule has 12 unspecified atom stereocenters. The Morgan fingerprint density at radius 3 is 1.20 bits per heavy atom. The van der Waals surface area contributed by atoms with Crippen LogP contribution in [0.5, 0.6) is 0 Å². The van der Waals surface area contributed by atoms with E-state index in [2.05, 4.69) is 153 Å². The Hall–Kier alpha value is -4.13. The highest BCUT2D eigenvalue weighted by Gasteiger charge is 2.51. The van der Waals surface area contributed by atoms with Gasteiger partial charge in [0.15, 0.2) is 12.6 Å². The fraction of sp³-hybridized carbons (Fsp3) is 0.679. The van der Waals surface area contributed by atoms with Crippen LogP contribution in [-0.4, -0.2) is 140 Å². The molecule has 524 valence electrons. The van der Waals surface area contributed by atoms with Crippen molar-refractivity contribution in [3.8, 4) is 0 Å². The van der Waals surface area contributed by atoms with Gasteiger partial charge in [0.2, 0.25) is 5.91 Å². The van der Waals surface area contributed by atoms with Crippen molar-refractivity contribution in [2.45, 2.75) is 319 Å². The summed E-state index contributed by atoms with van der Waals surface area (Å²) in [6.45, 7) is 2.65. The first-order valence-electron chi connectivity index (χ1n) is 36.1. The minimum Gasteiger partial charge on any atom is -0.394 e. The molecule has 92 heavy (non-hydrogen) atoms. The van der Waals surface area contributed by atoms with Gasteiger partial charge in [-0.25, -0.2) is 0 Å². The average molecular weight is 1290 g/mol. The summed E-state index contributed by atoms with van der Waals surface area (Å²) in [6, 6.07) is -0.968. The van der Waals surface area contributed by atoms with Crippen LogP contribution in [0.25, 0.3) is 0 Å². The fourth-order valence-corrected chi connectivity index (χ4v) is 10.8. The number of nitrogens with one attached hydrogen (secondary N) is 1. The summed E-state index contributed by atoms with van der Waals surface area (Å²) in [6.07, 6.45) is 74.7. The van der Waals surface area contributed by atoms with Crippen LogP contribution >= 0.6 is 0 Å². The van der Waals surface area contributed by atoms with E-state index < -0.39 is 86.8 Å². The highest BCUT2D eigenvalue weighted by atomic mass is 16.7. The minimum atomic E-state index is -1.80. The molecule has 14 heteroatoms. The molecule has 0 bridgehead atoms. The lowest BCUT2D eigenvalue weighted by Gasteiger charge is -2.46. The highest BCUT2D eigenvalue weighted by Crippen LogP contribution is 2.30. The molecule has 2 saturated heterocycles. The topological polar surface area (TPSA) is 228 Å². The van der Waals surface area contributed by atoms with E-state index >= 15 is 0 Å². The van der Waals surface area contributed by atoms with Crippen LogP contribution in [0.1, 0.15) is 245 Å². The van der Waals surface area contributed by atoms with Crippen molar-refractivity contribution in [1.29, 1.82) is 0 Å². The van der Waals surface area contributed by atoms with Crippen molar-refractivity contribution >= 4 is 5.91 Å². The Morgan fingerprint density at radius 1 is 0.402 bits per heavy atom. The largest absolute Gasteiger partial charge is 0.394 e. The van der Waals surface area contributed by atoms with Gasteiger partial charge >= 0.3 is 0 Å². The summed E-state index contributed by atoms with van der Waals surface area (Å²) in [7, 11) is 0. The molecule has 9 N–H and O–H groups in total. The van der Waals surface area contributed by atoms with Crippen LogP contribution in [0.4, 0.5) is 0 Å². The molecule has 12 atom stereocenters. The molecule has 2 aliphatic heterocycles. The van der Waals surface area contributed by atoms with E-state index in [1.807, 2.05) is 6.08 Å². The van der Waals surface area contributed by atoms with Crippen LogP contribution < -0.4 is 5.32 Å². The van der Waals surface area contributed by atoms with E-state index in [0.29, 0.717) is 12.8 Å². The van der Waals surface area contributed by atoms with E-state index in [4.69, 9.17) is 18.9 Å². The van der Waals surface area contributed by atoms with Gasteiger partial charge < -0.3 is 65.1 Å². The predicted molar refractivity (Wildman–Crippen MR) is 378 cm³/mol. The first-order valence-corrected chi connectivity index (χ1v) is 36.1. The number of carbonyl (C=O) groups is 1. The Balaban J connectivity index is 1.73. The summed E-state index contributed by atoms with van der Waals surface area (Å²) >= 11 is 0. The van der Waals surface area contributed by atoms with E-state index in [-0.39, 0.29) is 18.9 Å². The number of ether oxygens (including phenoxy) is 4. The molecule has 0 saturated carbocycles. The Labute approximate surface area is 557 Å². The van der Waals surface area contributed by atoms with Gasteiger partial charge in [0.05, 0.1) is 32.0 Å². The SMILES string of the molecule is CC/C=C\C/C=C\C/C=C\C/C=C\C/C=C\C/C=C\C/C=C\C/C=C\C/C=C\C/C=C\CCCCC(=O)NC(COC1OC(CO)C(OC2OC(CO)C(O)C(O)C2O)C(O)C1O)C(O)/C=C/CC/C=C/CCCCCCCCCCCCCCCCCCCCC. The number of carbonyl (C=O) groups excluding carboxylic acids is 1. The zero-order valence-corrected chi connectivity index (χ0v) is 57.0. The van der Waals surface area contributed by atoms with Gasteiger partial charge in [0.25, 0.3) is 0 Å². The van der Waals surface area contributed by atoms with E-state index in [1.54, 1.807) is 6.08 Å². The third-order valence-electron chi connectivity index (χ3n) is 16.5. The number of rotatable bonds is 57. The molecule has 2 fully saturated rings. The lowest BCUT2D eigenvalue weighted by Crippen LogP contribution is -2.65. The number of aliphatic hydroxyl groups is 8. The van der Waals surface area contributed by atoms with Crippen molar-refractivity contribution in [3.05, 3.63) is 146 Å². The van der Waals surface area contributed by atoms with Crippen LogP contribution in [-0.2, 0) is 23.7 Å². The summed E-state index contributed by atoms with van der Waals surface area (Å²) in [4.78, 5) is 13.3. The van der Waals surface area contributed by atoms with E-state index in [9.17, 15) is 45.6 Å². The smallest absolute Gasteiger partial charge is 0.220 e. The van der Waals surface area contributed by atoms with Gasteiger partial charge in [-0.3, -0.25) is 4.79 Å². The van der Waals surface area contributed by atoms with Gasteiger partial charge in [-0.1, -0.05) is 275 Å². The van der Waals surface area contributed by atoms with Crippen LogP contribution in [0.3, 0.4) is 0 Å². The Kier molecular flexibility index (Phi) is 55.2. The number of amides is 1. The van der Waals surface area contributed by atoms with Crippen LogP contribution in [0.15, 0.2) is 146 Å². The third kappa shape index (κ3) is 43.8. The lowest BCUT2D eigenvalue weighted by molar-refractivity contribution is -0.359. The number of allylic oxidation sites excluding steroid dienone is 23. The number of hydrogen-bond acceptors (Lipinski definition) is 13. The predicted octanol–water partition coefficient (Wildman–Crippen LogP) is 15.2. The fourth-order valence-electron chi connectivity index (χ4n) is 10.8. The second-order valence-electron chi connectivity index (χ2n) is 24.6. The number of unbranched alkanes of at least 4 members (excludes halogenated alkanes) is 22. The van der Waals surface area contributed by atoms with Crippen molar-refractivity contribution in [2.24, 2.45) is 0 Å². The van der Waals surface area contributed by atoms with Gasteiger partial charge in [-0.2, -0.15) is 0 Å². The summed E-state index contributed by atoms with van der Waals surface area (Å²) in [5.41, 5.74) is 0. The third-order valence-corrected chi connectivity index (χ3v) is 16.5. The molecule has 0 radical (unpaired) electrons. The molecule has 2 aliphatic rings. The minimum absolute atomic E-state index is 0.208. The van der Waals surface area contributed by atoms with Crippen molar-refractivity contribution in [3.63, 3.8) is 0 Å². The number of hydrogen-bond donors (Lipinski definition) is 9. The van der Waals surface area contributed by atoms with Gasteiger partial charge in [0, 0.05) is 6.42 Å². The first-order chi connectivity index (χ1) is 45.1. The molecule has 1 amide bonds. The van der Waals surface area contributed by atoms with Gasteiger partial charge in [0.1, 0.15) is 48.8 Å². The standard InChI is InChI=1S/C78H129NO13/c1-3-5-7-9-11-13-15-17-19-21-23-25-27-29-30-31-32-33-34-35-36-38-40-42-44-46-48-50-52-54-56-58-60-62-70(83)79-66(65-89-77-75(88)73(86)76(69(64-81)91-77)92-78-74(87)72(85)71(84)68(63-80)90-78)67(82)61-59-57-55-53-51-49-47-45-43-41-39-37-28-26-24-22-20-18-16-14-12-10-8-6-4-2/h5,7,11,13,17,19,23,25,29-30,32-33,35-36,40,42,46,48,51-54,59,61,66-69,71-78,80-82,84-88H,3-4,6,8-10,12,14-16,18,20-22,24,26-28,31,34,37-39,41,43-45,47,49-50,55-58,60,62-65H2,1-2H3,(H,79,83)/b7-5-,13-11-,19-17-,25-23-,30-29-,33-32-,36-35-,42-40-,48-46-,53-51+,54-52-,61-59+. The van der Waals surface area contributed by atoms with Crippen LogP contribution in [0.2, 0.25) is 0 Å². The molecule has 2 heterocycles. The molecule has 2 rings (SSSR count). The molecule has 0 aliphatic carbocycles. The second kappa shape index (κ2) is 60.5. The quantitative estimate of drug-likeness (QED) is 0.0204. The molecule has 14 nitrogen and oxygen atoms in total. The summed E-state index contributed by atoms with van der Waals surface area (Å²) in [5.74, 6) is -0.296. The first kappa shape index (κ1) is 84.0. The molecule has 0 aromatic heterocycles. The van der Waals surface area contributed by atoms with E-state index in [0.717, 1.165) is 89.9 Å². The second-order valence-corrected chi connectivity index (χ2v) is 24.6. The van der Waals surface area contributed by atoms with Gasteiger partial charge in [-0.15, -0.1) is 0 Å². The zero-order valence-electron chi connectivity index (χ0n) is 57.0. The van der Waals surface area contributed by atoms with Gasteiger partial charge in [-0.05, 0) is 109 Å². The molecule has 0 aromatic carbocycles.